The predicted molar refractivity (Wildman–Crippen MR) is 332 cm³/mol. The van der Waals surface area contributed by atoms with Crippen molar-refractivity contribution in [3.8, 4) is 0 Å². The number of hydrogen-bond donors (Lipinski definition) is 16. The molecule has 0 radical (unpaired) electrons. The van der Waals surface area contributed by atoms with Gasteiger partial charge in [0.25, 0.3) is 0 Å². The second kappa shape index (κ2) is 25.8. The Bertz CT molecular complexity index is 2540. The summed E-state index contributed by atoms with van der Waals surface area (Å²) in [6.45, 7) is 0. The van der Waals surface area contributed by atoms with Crippen LogP contribution in [0.25, 0.3) is 0 Å². The van der Waals surface area contributed by atoms with Gasteiger partial charge >= 0.3 is 17.1 Å². The van der Waals surface area contributed by atoms with E-state index in [9.17, 15) is 25.9 Å². The normalized spacial score (nSPS) is 54.9. The Morgan fingerprint density at radius 3 is 0.483 bits per heavy atom. The van der Waals surface area contributed by atoms with Gasteiger partial charge in [0.2, 0.25) is 0 Å². The SMILES string of the molecule is O=S(=O)([O-])C1CCCC2C3NC4NC(NC5NC(NC6NC(NC(N3)C21)C1CCCCC61)C1CCCCC51)C1CCCCC41.O=S(=O)([O-])C1CCCC2C3NC4NC(NC5NC(NC6NC(NC(N3)C21)C1CCCCC61)C1CCCCC51)C1CCCCC41.[Fe+2]. The van der Waals surface area contributed by atoms with Crippen molar-refractivity contribution in [2.24, 2.45) is 94.7 Å². The minimum absolute atomic E-state index is 0. The van der Waals surface area contributed by atoms with Gasteiger partial charge in [-0.05, 0) is 186 Å². The second-order valence-corrected chi connectivity index (χ2v) is 35.6. The Morgan fingerprint density at radius 1 is 0.191 bits per heavy atom. The van der Waals surface area contributed by atoms with Crippen LogP contribution >= 0.6 is 0 Å². The molecule has 16 N–H and O–H groups in total. The van der Waals surface area contributed by atoms with Gasteiger partial charge < -0.3 is 9.11 Å². The van der Waals surface area contributed by atoms with Crippen molar-refractivity contribution in [3.05, 3.63) is 0 Å². The van der Waals surface area contributed by atoms with Gasteiger partial charge in [0, 0.05) is 11.8 Å². The summed E-state index contributed by atoms with van der Waals surface area (Å²) in [5.41, 5.74) is 0. The molecule has 34 atom stereocenters. The summed E-state index contributed by atoms with van der Waals surface area (Å²) in [4.78, 5) is 0. The van der Waals surface area contributed by atoms with Crippen LogP contribution in [0, 0.1) is 94.7 Å². The molecule has 502 valence electrons. The van der Waals surface area contributed by atoms with Crippen molar-refractivity contribution in [1.29, 1.82) is 0 Å². The molecule has 22 nitrogen and oxygen atoms in total. The Labute approximate surface area is 541 Å². The van der Waals surface area contributed by atoms with E-state index in [2.05, 4.69) is 85.1 Å². The van der Waals surface area contributed by atoms with Gasteiger partial charge in [0.05, 0.1) is 129 Å². The first kappa shape index (κ1) is 63.4. The number of hydrogen-bond acceptors (Lipinski definition) is 22. The Hall–Kier alpha value is -0.301. The van der Waals surface area contributed by atoms with Crippen LogP contribution in [0.15, 0.2) is 0 Å². The van der Waals surface area contributed by atoms with Crippen molar-refractivity contribution < 1.29 is 43.0 Å². The van der Waals surface area contributed by atoms with Gasteiger partial charge in [-0.15, -0.1) is 0 Å². The summed E-state index contributed by atoms with van der Waals surface area (Å²) in [6.07, 6.45) is 37.0. The number of rotatable bonds is 2. The topological polar surface area (TPSA) is 307 Å². The third kappa shape index (κ3) is 11.8. The maximum Gasteiger partial charge on any atom is 2.00 e. The van der Waals surface area contributed by atoms with Crippen molar-refractivity contribution in [2.75, 3.05) is 0 Å². The quantitative estimate of drug-likeness (QED) is 0.139. The molecule has 0 amide bonds. The summed E-state index contributed by atoms with van der Waals surface area (Å²) in [7, 11) is -8.81. The van der Waals surface area contributed by atoms with Crippen molar-refractivity contribution in [2.45, 2.75) is 302 Å². The molecule has 0 aromatic rings. The van der Waals surface area contributed by atoms with E-state index in [4.69, 9.17) is 0 Å². The van der Waals surface area contributed by atoms with Crippen LogP contribution in [0.3, 0.4) is 0 Å². The zero-order valence-electron chi connectivity index (χ0n) is 52.5. The zero-order valence-corrected chi connectivity index (χ0v) is 55.2. The van der Waals surface area contributed by atoms with E-state index in [1.807, 2.05) is 0 Å². The molecule has 25 heteroatoms. The molecule has 18 fully saturated rings. The summed E-state index contributed by atoms with van der Waals surface area (Å²) >= 11 is 0. The van der Waals surface area contributed by atoms with E-state index >= 15 is 0 Å². The number of nitrogens with one attached hydrogen (secondary N) is 16. The molecule has 0 aromatic carbocycles. The van der Waals surface area contributed by atoms with E-state index in [1.54, 1.807) is 0 Å². The van der Waals surface area contributed by atoms with Crippen LogP contribution in [0.1, 0.15) is 193 Å². The molecule has 10 aliphatic heterocycles. The van der Waals surface area contributed by atoms with E-state index in [-0.39, 0.29) is 127 Å². The van der Waals surface area contributed by atoms with Crippen molar-refractivity contribution >= 4 is 20.2 Å². The first-order valence-corrected chi connectivity index (χ1v) is 39.9. The fourth-order valence-corrected chi connectivity index (χ4v) is 27.1. The van der Waals surface area contributed by atoms with Gasteiger partial charge in [-0.3, -0.25) is 85.1 Å². The molecule has 10 heterocycles. The molecule has 10 saturated heterocycles. The monoisotopic (exact) mass is 1320 g/mol. The van der Waals surface area contributed by atoms with Crippen LogP contribution in [-0.4, -0.2) is 135 Å². The minimum atomic E-state index is -4.41. The minimum Gasteiger partial charge on any atom is -0.748 e. The number of fused-ring (bicyclic) bond motifs is 40. The molecule has 34 unspecified atom stereocenters. The third-order valence-electron chi connectivity index (χ3n) is 28.4. The smallest absolute Gasteiger partial charge is 0.748 e. The first-order chi connectivity index (χ1) is 42.8. The molecule has 18 rings (SSSR count). The molecular formula is C64H110FeN16O6S2. The van der Waals surface area contributed by atoms with Gasteiger partial charge in [0.15, 0.2) is 0 Å². The predicted octanol–water partition coefficient (Wildman–Crippen LogP) is 2.26. The molecular weight excluding hydrogens is 1210 g/mol. The Morgan fingerprint density at radius 2 is 0.326 bits per heavy atom. The fraction of sp³-hybridized carbons (Fsp3) is 1.00. The van der Waals surface area contributed by atoms with Crippen LogP contribution in [0.5, 0.6) is 0 Å². The van der Waals surface area contributed by atoms with Crippen molar-refractivity contribution in [3.63, 3.8) is 0 Å². The van der Waals surface area contributed by atoms with Gasteiger partial charge in [-0.1, -0.05) is 89.9 Å². The van der Waals surface area contributed by atoms with Crippen LogP contribution in [0.2, 0.25) is 0 Å². The average molecular weight is 1320 g/mol. The molecule has 0 spiro atoms. The Balaban J connectivity index is 0.000000141. The molecule has 18 aliphatic rings. The van der Waals surface area contributed by atoms with Crippen LogP contribution in [-0.2, 0) is 37.3 Å². The summed E-state index contributed by atoms with van der Waals surface area (Å²) in [6, 6.07) is 0. The molecule has 16 bridgehead atoms. The fourth-order valence-electron chi connectivity index (χ4n) is 24.7. The summed E-state index contributed by atoms with van der Waals surface area (Å²) < 4.78 is 76.3. The van der Waals surface area contributed by atoms with Gasteiger partial charge in [-0.2, -0.15) is 0 Å². The average Bonchev–Trinajstić information content (AvgIpc) is 1.68. The van der Waals surface area contributed by atoms with Gasteiger partial charge in [0.1, 0.15) is 0 Å². The summed E-state index contributed by atoms with van der Waals surface area (Å²) in [5.74, 6) is 6.67. The maximum absolute atomic E-state index is 12.7. The third-order valence-corrected chi connectivity index (χ3v) is 31.0. The van der Waals surface area contributed by atoms with Crippen molar-refractivity contribution in [1.82, 2.24) is 85.1 Å². The van der Waals surface area contributed by atoms with Gasteiger partial charge in [-0.25, -0.2) is 16.8 Å². The molecule has 0 aromatic heterocycles. The zero-order chi connectivity index (χ0) is 59.2. The Kier molecular flexibility index (Phi) is 18.4. The standard InChI is InChI=1S/2C32H56N8O3S.Fe/c2*41-44(42,43)23-15-7-14-22-24(23)32-39-30-21-13-6-5-12-20(21)28(37-30)35-26-17-9-2-1-8-16(17)25(33-26)34-27-18-10-3-4-11-19(18)29(36-27)38-31(22)40-32;/h2*16-40H,1-15H2,(H,41,42,43);/q;;+2/p-2. The van der Waals surface area contributed by atoms with E-state index in [0.29, 0.717) is 96.2 Å². The molecule has 89 heavy (non-hydrogen) atoms. The first-order valence-electron chi connectivity index (χ1n) is 36.9. The largest absolute Gasteiger partial charge is 2.00 e. The van der Waals surface area contributed by atoms with E-state index in [1.165, 1.54) is 154 Å². The van der Waals surface area contributed by atoms with E-state index < -0.39 is 30.7 Å². The van der Waals surface area contributed by atoms with E-state index in [0.717, 1.165) is 25.7 Å². The molecule has 8 saturated carbocycles. The summed E-state index contributed by atoms with van der Waals surface area (Å²) in [5, 5.41) is 63.1. The maximum atomic E-state index is 12.7. The second-order valence-electron chi connectivity index (χ2n) is 32.4. The molecule has 8 aliphatic carbocycles. The van der Waals surface area contributed by atoms with Crippen LogP contribution in [0.4, 0.5) is 0 Å². The van der Waals surface area contributed by atoms with Crippen LogP contribution < -0.4 is 85.1 Å².